The largest absolute Gasteiger partial charge is 0.481 e. The fourth-order valence-corrected chi connectivity index (χ4v) is 1.70. The molecule has 1 N–H and O–H groups in total. The molecule has 1 aliphatic rings. The molecule has 0 bridgehead atoms. The summed E-state index contributed by atoms with van der Waals surface area (Å²) < 4.78 is 12.6. The molecule has 1 aliphatic carbocycles. The van der Waals surface area contributed by atoms with E-state index in [9.17, 15) is 9.18 Å². The molecule has 0 heterocycles. The Morgan fingerprint density at radius 3 is 2.57 bits per heavy atom. The molecule has 0 amide bonds. The van der Waals surface area contributed by atoms with Gasteiger partial charge in [-0.25, -0.2) is 4.39 Å². The lowest BCUT2D eigenvalue weighted by atomic mass is 10.1. The van der Waals surface area contributed by atoms with E-state index in [1.54, 1.807) is 12.1 Å². The Balaban J connectivity index is 1.94. The van der Waals surface area contributed by atoms with Crippen LogP contribution in [0.15, 0.2) is 24.3 Å². The van der Waals surface area contributed by atoms with Crippen LogP contribution in [0.3, 0.4) is 0 Å². The van der Waals surface area contributed by atoms with Gasteiger partial charge < -0.3 is 5.11 Å². The molecule has 1 saturated carbocycles. The number of hydrogen-bond acceptors (Lipinski definition) is 1. The van der Waals surface area contributed by atoms with Crippen LogP contribution in [-0.4, -0.2) is 11.1 Å². The van der Waals surface area contributed by atoms with E-state index < -0.39 is 5.97 Å². The molecule has 1 aromatic carbocycles. The van der Waals surface area contributed by atoms with E-state index in [1.165, 1.54) is 12.1 Å². The Kier molecular flexibility index (Phi) is 2.23. The Labute approximate surface area is 81.4 Å². The molecule has 1 fully saturated rings. The van der Waals surface area contributed by atoms with Gasteiger partial charge in [0.2, 0.25) is 0 Å². The molecular weight excluding hydrogens is 183 g/mol. The molecule has 0 aromatic heterocycles. The van der Waals surface area contributed by atoms with Gasteiger partial charge in [-0.15, -0.1) is 0 Å². The summed E-state index contributed by atoms with van der Waals surface area (Å²) in [5.41, 5.74) is 1.01. The summed E-state index contributed by atoms with van der Waals surface area (Å²) >= 11 is 0. The van der Waals surface area contributed by atoms with Gasteiger partial charge in [-0.2, -0.15) is 0 Å². The van der Waals surface area contributed by atoms with Crippen LogP contribution in [0.25, 0.3) is 0 Å². The first-order valence-corrected chi connectivity index (χ1v) is 4.64. The maximum Gasteiger partial charge on any atom is 0.306 e. The molecule has 3 heteroatoms. The highest BCUT2D eigenvalue weighted by Gasteiger charge is 2.42. The molecule has 0 spiro atoms. The zero-order chi connectivity index (χ0) is 10.1. The fraction of sp³-hybridized carbons (Fsp3) is 0.364. The van der Waals surface area contributed by atoms with Gasteiger partial charge in [0.1, 0.15) is 5.82 Å². The van der Waals surface area contributed by atoms with Crippen LogP contribution < -0.4 is 0 Å². The molecule has 2 rings (SSSR count). The molecule has 1 aromatic rings. The summed E-state index contributed by atoms with van der Waals surface area (Å²) in [6.45, 7) is 0. The fourth-order valence-electron chi connectivity index (χ4n) is 1.70. The number of rotatable bonds is 3. The summed E-state index contributed by atoms with van der Waals surface area (Å²) in [6, 6.07) is 6.25. The van der Waals surface area contributed by atoms with Crippen LogP contribution >= 0.6 is 0 Å². The van der Waals surface area contributed by atoms with Gasteiger partial charge in [-0.1, -0.05) is 12.1 Å². The quantitative estimate of drug-likeness (QED) is 0.799. The molecule has 2 nitrogen and oxygen atoms in total. The number of aliphatic carboxylic acids is 1. The third kappa shape index (κ3) is 1.92. The zero-order valence-electron chi connectivity index (χ0n) is 7.61. The van der Waals surface area contributed by atoms with Crippen molar-refractivity contribution < 1.29 is 14.3 Å². The first kappa shape index (κ1) is 9.19. The second-order valence-electron chi connectivity index (χ2n) is 3.77. The van der Waals surface area contributed by atoms with Crippen LogP contribution in [0.2, 0.25) is 0 Å². The highest BCUT2D eigenvalue weighted by Crippen LogP contribution is 2.41. The zero-order valence-corrected chi connectivity index (χ0v) is 7.61. The van der Waals surface area contributed by atoms with Gasteiger partial charge in [0.15, 0.2) is 0 Å². The molecular formula is C11H11FO2. The summed E-state index contributed by atoms with van der Waals surface area (Å²) in [6.07, 6.45) is 1.50. The van der Waals surface area contributed by atoms with Crippen molar-refractivity contribution in [1.82, 2.24) is 0 Å². The van der Waals surface area contributed by atoms with Crippen molar-refractivity contribution in [3.63, 3.8) is 0 Å². The molecule has 0 aliphatic heterocycles. The second-order valence-corrected chi connectivity index (χ2v) is 3.77. The third-order valence-corrected chi connectivity index (χ3v) is 2.65. The topological polar surface area (TPSA) is 37.3 Å². The van der Waals surface area contributed by atoms with Crippen molar-refractivity contribution in [3.8, 4) is 0 Å². The average molecular weight is 194 g/mol. The molecule has 0 saturated heterocycles. The van der Waals surface area contributed by atoms with Crippen molar-refractivity contribution in [2.45, 2.75) is 12.8 Å². The van der Waals surface area contributed by atoms with Crippen LogP contribution in [0.5, 0.6) is 0 Å². The molecule has 74 valence electrons. The monoisotopic (exact) mass is 194 g/mol. The van der Waals surface area contributed by atoms with Crippen molar-refractivity contribution in [1.29, 1.82) is 0 Å². The van der Waals surface area contributed by atoms with Crippen molar-refractivity contribution in [2.24, 2.45) is 11.8 Å². The van der Waals surface area contributed by atoms with Crippen LogP contribution in [0, 0.1) is 17.7 Å². The standard InChI is InChI=1S/C11H11FO2/c12-9-3-1-7(2-4-9)5-8-6-10(8)11(13)14/h1-4,8,10H,5-6H2,(H,13,14)/t8-,10+/m1/s1. The predicted molar refractivity (Wildman–Crippen MR) is 49.3 cm³/mol. The lowest BCUT2D eigenvalue weighted by molar-refractivity contribution is -0.138. The lowest BCUT2D eigenvalue weighted by Gasteiger charge is -1.98. The van der Waals surface area contributed by atoms with E-state index in [0.717, 1.165) is 18.4 Å². The maximum atomic E-state index is 12.6. The van der Waals surface area contributed by atoms with Crippen molar-refractivity contribution in [2.75, 3.05) is 0 Å². The number of carboxylic acid groups (broad SMARTS) is 1. The van der Waals surface area contributed by atoms with Crippen molar-refractivity contribution in [3.05, 3.63) is 35.6 Å². The Hall–Kier alpha value is -1.38. The van der Waals surface area contributed by atoms with E-state index in [4.69, 9.17) is 5.11 Å². The minimum atomic E-state index is -0.711. The van der Waals surface area contributed by atoms with Crippen molar-refractivity contribution >= 4 is 5.97 Å². The summed E-state index contributed by atoms with van der Waals surface area (Å²) in [4.78, 5) is 10.6. The smallest absolute Gasteiger partial charge is 0.306 e. The van der Waals surface area contributed by atoms with Crippen LogP contribution in [0.1, 0.15) is 12.0 Å². The van der Waals surface area contributed by atoms with E-state index >= 15 is 0 Å². The number of halogens is 1. The van der Waals surface area contributed by atoms with Gasteiger partial charge in [-0.3, -0.25) is 4.79 Å². The Morgan fingerprint density at radius 1 is 1.43 bits per heavy atom. The first-order chi connectivity index (χ1) is 6.66. The highest BCUT2D eigenvalue weighted by atomic mass is 19.1. The number of benzene rings is 1. The number of hydrogen-bond donors (Lipinski definition) is 1. The SMILES string of the molecule is O=C(O)[C@H]1C[C@H]1Cc1ccc(F)cc1. The summed E-state index contributed by atoms with van der Waals surface area (Å²) in [7, 11) is 0. The van der Waals surface area contributed by atoms with Crippen LogP contribution in [-0.2, 0) is 11.2 Å². The van der Waals surface area contributed by atoms with Gasteiger partial charge >= 0.3 is 5.97 Å². The van der Waals surface area contributed by atoms with Gasteiger partial charge in [-0.05, 0) is 36.5 Å². The average Bonchev–Trinajstić information content (AvgIpc) is 2.88. The number of carbonyl (C=O) groups is 1. The lowest BCUT2D eigenvalue weighted by Crippen LogP contribution is -2.01. The van der Waals surface area contributed by atoms with Gasteiger partial charge in [0.05, 0.1) is 5.92 Å². The summed E-state index contributed by atoms with van der Waals surface area (Å²) in [5, 5.41) is 8.69. The van der Waals surface area contributed by atoms with Crippen LogP contribution in [0.4, 0.5) is 4.39 Å². The van der Waals surface area contributed by atoms with Gasteiger partial charge in [0, 0.05) is 0 Å². The molecule has 0 unspecified atom stereocenters. The minimum absolute atomic E-state index is 0.181. The Bertz CT molecular complexity index is 345. The van der Waals surface area contributed by atoms with E-state index in [2.05, 4.69) is 0 Å². The van der Waals surface area contributed by atoms with Gasteiger partial charge in [0.25, 0.3) is 0 Å². The number of carboxylic acids is 1. The third-order valence-electron chi connectivity index (χ3n) is 2.65. The molecule has 2 atom stereocenters. The van der Waals surface area contributed by atoms with E-state index in [0.29, 0.717) is 0 Å². The normalized spacial score (nSPS) is 24.6. The second kappa shape index (κ2) is 3.40. The predicted octanol–water partition coefficient (Wildman–Crippen LogP) is 2.09. The summed E-state index contributed by atoms with van der Waals surface area (Å²) in [5.74, 6) is -0.894. The van der Waals surface area contributed by atoms with E-state index in [-0.39, 0.29) is 17.7 Å². The molecule has 0 radical (unpaired) electrons. The van der Waals surface area contributed by atoms with E-state index in [1.807, 2.05) is 0 Å². The minimum Gasteiger partial charge on any atom is -0.481 e. The highest BCUT2D eigenvalue weighted by molar-refractivity contribution is 5.73. The first-order valence-electron chi connectivity index (χ1n) is 4.64. The maximum absolute atomic E-state index is 12.6. The molecule has 14 heavy (non-hydrogen) atoms. The Morgan fingerprint density at radius 2 is 2.07 bits per heavy atom.